The van der Waals surface area contributed by atoms with Crippen LogP contribution in [0, 0.1) is 0 Å². The van der Waals surface area contributed by atoms with Crippen LogP contribution in [0.25, 0.3) is 11.0 Å². The van der Waals surface area contributed by atoms with Gasteiger partial charge >= 0.3 is 0 Å². The van der Waals surface area contributed by atoms with Crippen molar-refractivity contribution in [3.05, 3.63) is 50.2 Å². The van der Waals surface area contributed by atoms with Crippen LogP contribution >= 0.6 is 39.1 Å². The molecule has 0 radical (unpaired) electrons. The first-order chi connectivity index (χ1) is 12.1. The number of aromatic nitrogens is 4. The van der Waals surface area contributed by atoms with Crippen LogP contribution in [0.5, 0.6) is 0 Å². The summed E-state index contributed by atoms with van der Waals surface area (Å²) in [6, 6.07) is 7.18. The van der Waals surface area contributed by atoms with Gasteiger partial charge in [0, 0.05) is 24.5 Å². The summed E-state index contributed by atoms with van der Waals surface area (Å²) in [7, 11) is 0. The Morgan fingerprint density at radius 1 is 1.20 bits per heavy atom. The molecule has 0 aliphatic heterocycles. The topological polar surface area (TPSA) is 75.6 Å². The Bertz CT molecular complexity index is 940. The molecular weight excluding hydrogens is 429 g/mol. The Kier molecular flexibility index (Phi) is 5.98. The second kappa shape index (κ2) is 8.21. The highest BCUT2D eigenvalue weighted by Gasteiger charge is 2.10. The van der Waals surface area contributed by atoms with Crippen LogP contribution in [0.4, 0.5) is 5.82 Å². The number of fused-ring (bicyclic) bond motifs is 1. The highest BCUT2D eigenvalue weighted by molar-refractivity contribution is 9.09. The van der Waals surface area contributed by atoms with Crippen molar-refractivity contribution in [2.24, 2.45) is 0 Å². The molecule has 0 unspecified atom stereocenters. The number of hydrogen-bond donors (Lipinski definition) is 2. The normalized spacial score (nSPS) is 11.2. The lowest BCUT2D eigenvalue weighted by Crippen LogP contribution is -2.14. The van der Waals surface area contributed by atoms with Gasteiger partial charge in [0.25, 0.3) is 5.56 Å². The van der Waals surface area contributed by atoms with E-state index in [-0.39, 0.29) is 5.56 Å². The Morgan fingerprint density at radius 3 is 2.80 bits per heavy atom. The number of nitrogens with zero attached hydrogens (tertiary/aromatic N) is 3. The van der Waals surface area contributed by atoms with Crippen LogP contribution in [0.1, 0.15) is 18.4 Å². The lowest BCUT2D eigenvalue weighted by atomic mass is 10.2. The molecule has 2 heterocycles. The number of hydrogen-bond acceptors (Lipinski definition) is 4. The number of aryl methyl sites for hydroxylation is 1. The van der Waals surface area contributed by atoms with E-state index in [1.54, 1.807) is 22.9 Å². The van der Waals surface area contributed by atoms with Crippen molar-refractivity contribution in [3.8, 4) is 0 Å². The molecule has 2 aromatic heterocycles. The first kappa shape index (κ1) is 18.2. The van der Waals surface area contributed by atoms with Crippen molar-refractivity contribution >= 4 is 56.0 Å². The van der Waals surface area contributed by atoms with Crippen molar-refractivity contribution in [3.63, 3.8) is 0 Å². The average Bonchev–Trinajstić information content (AvgIpc) is 3.00. The number of alkyl halides is 1. The largest absolute Gasteiger partial charge is 0.367 e. The molecule has 0 aliphatic carbocycles. The van der Waals surface area contributed by atoms with Crippen molar-refractivity contribution < 1.29 is 0 Å². The lowest BCUT2D eigenvalue weighted by Gasteiger charge is -2.07. The van der Waals surface area contributed by atoms with Crippen LogP contribution in [0.2, 0.25) is 10.0 Å². The summed E-state index contributed by atoms with van der Waals surface area (Å²) in [6.45, 7) is 1.17. The summed E-state index contributed by atoms with van der Waals surface area (Å²) < 4.78 is 1.65. The third-order valence-corrected chi connectivity index (χ3v) is 5.03. The molecule has 1 aromatic carbocycles. The summed E-state index contributed by atoms with van der Waals surface area (Å²) in [5.74, 6) is 0.580. The van der Waals surface area contributed by atoms with Gasteiger partial charge in [0.2, 0.25) is 0 Å². The average molecular weight is 445 g/mol. The number of anilines is 1. The van der Waals surface area contributed by atoms with Gasteiger partial charge in [0.1, 0.15) is 11.3 Å². The molecule has 25 heavy (non-hydrogen) atoms. The molecule has 0 amide bonds. The van der Waals surface area contributed by atoms with Crippen molar-refractivity contribution in [2.75, 3.05) is 10.6 Å². The third-order valence-electron chi connectivity index (χ3n) is 3.73. The summed E-state index contributed by atoms with van der Waals surface area (Å²) in [5, 5.41) is 13.3. The highest BCUT2D eigenvalue weighted by atomic mass is 79.9. The van der Waals surface area contributed by atoms with Gasteiger partial charge < -0.3 is 10.3 Å². The van der Waals surface area contributed by atoms with Crippen LogP contribution in [0.3, 0.4) is 0 Å². The molecule has 0 saturated carbocycles. The molecule has 132 valence electrons. The summed E-state index contributed by atoms with van der Waals surface area (Å²) in [4.78, 5) is 15.2. The van der Waals surface area contributed by atoms with Crippen LogP contribution < -0.4 is 10.9 Å². The number of aromatic amines is 1. The number of nitrogens with one attached hydrogen (secondary N) is 2. The van der Waals surface area contributed by atoms with Gasteiger partial charge in [0.15, 0.2) is 5.52 Å². The second-order valence-corrected chi connectivity index (χ2v) is 7.16. The van der Waals surface area contributed by atoms with Gasteiger partial charge in [-0.05, 0) is 30.5 Å². The quantitative estimate of drug-likeness (QED) is 0.422. The molecule has 2 N–H and O–H groups in total. The standard InChI is InChI=1S/C16H16BrCl2N5O/c17-5-1-2-6-24-15-13(22-23-24)8-14(21-16(15)25)20-9-10-3-4-11(18)12(19)7-10/h3-4,7-8H,1-2,5-6,9H2,(H2,20,21,25). The summed E-state index contributed by atoms with van der Waals surface area (Å²) in [5.41, 5.74) is 1.81. The van der Waals surface area contributed by atoms with E-state index in [9.17, 15) is 4.79 Å². The fourth-order valence-electron chi connectivity index (χ4n) is 2.47. The van der Waals surface area contributed by atoms with Gasteiger partial charge in [-0.2, -0.15) is 0 Å². The first-order valence-corrected chi connectivity index (χ1v) is 9.66. The monoisotopic (exact) mass is 443 g/mol. The molecule has 9 heteroatoms. The number of H-pyrrole nitrogens is 1. The number of benzene rings is 1. The molecule has 0 aliphatic rings. The predicted molar refractivity (Wildman–Crippen MR) is 105 cm³/mol. The van der Waals surface area contributed by atoms with Gasteiger partial charge in [-0.3, -0.25) is 4.79 Å². The fourth-order valence-corrected chi connectivity index (χ4v) is 3.18. The van der Waals surface area contributed by atoms with E-state index in [1.807, 2.05) is 6.07 Å². The summed E-state index contributed by atoms with van der Waals surface area (Å²) >= 11 is 15.3. The van der Waals surface area contributed by atoms with Gasteiger partial charge in [-0.15, -0.1) is 5.10 Å². The zero-order chi connectivity index (χ0) is 17.8. The highest BCUT2D eigenvalue weighted by Crippen LogP contribution is 2.23. The van der Waals surface area contributed by atoms with Gasteiger partial charge in [-0.25, -0.2) is 4.68 Å². The van der Waals surface area contributed by atoms with E-state index >= 15 is 0 Å². The molecule has 3 aromatic rings. The minimum Gasteiger partial charge on any atom is -0.367 e. The zero-order valence-corrected chi connectivity index (χ0v) is 16.3. The molecule has 3 rings (SSSR count). The van der Waals surface area contributed by atoms with Crippen molar-refractivity contribution in [1.29, 1.82) is 0 Å². The van der Waals surface area contributed by atoms with E-state index in [1.165, 1.54) is 0 Å². The predicted octanol–water partition coefficient (Wildman–Crippen LogP) is 4.21. The number of pyridine rings is 1. The Hall–Kier alpha value is -1.57. The van der Waals surface area contributed by atoms with Crippen LogP contribution in [-0.2, 0) is 13.1 Å². The maximum Gasteiger partial charge on any atom is 0.277 e. The zero-order valence-electron chi connectivity index (χ0n) is 13.2. The minimum absolute atomic E-state index is 0.210. The first-order valence-electron chi connectivity index (χ1n) is 7.79. The molecule has 0 spiro atoms. The van der Waals surface area contributed by atoms with Gasteiger partial charge in [-0.1, -0.05) is 50.4 Å². The van der Waals surface area contributed by atoms with E-state index in [4.69, 9.17) is 23.2 Å². The van der Waals surface area contributed by atoms with E-state index in [2.05, 4.69) is 36.5 Å². The number of unbranched alkanes of at least 4 members (excludes halogenated alkanes) is 1. The molecular formula is C16H16BrCl2N5O. The molecule has 0 atom stereocenters. The Balaban J connectivity index is 1.76. The molecule has 0 bridgehead atoms. The molecule has 6 nitrogen and oxygen atoms in total. The maximum atomic E-state index is 12.4. The fraction of sp³-hybridized carbons (Fsp3) is 0.312. The number of halogens is 3. The number of rotatable bonds is 7. The van der Waals surface area contributed by atoms with Crippen molar-refractivity contribution in [1.82, 2.24) is 20.0 Å². The molecule has 0 fully saturated rings. The van der Waals surface area contributed by atoms with E-state index < -0.39 is 0 Å². The van der Waals surface area contributed by atoms with Crippen molar-refractivity contribution in [2.45, 2.75) is 25.9 Å². The SMILES string of the molecule is O=c1[nH]c(NCc2ccc(Cl)c(Cl)c2)cc2nnn(CCCCBr)c12. The lowest BCUT2D eigenvalue weighted by molar-refractivity contribution is 0.569. The minimum atomic E-state index is -0.210. The Morgan fingerprint density at radius 2 is 2.04 bits per heavy atom. The summed E-state index contributed by atoms with van der Waals surface area (Å²) in [6.07, 6.45) is 1.95. The second-order valence-electron chi connectivity index (χ2n) is 5.56. The third kappa shape index (κ3) is 4.34. The van der Waals surface area contributed by atoms with Crippen LogP contribution in [0.15, 0.2) is 29.1 Å². The molecule has 0 saturated heterocycles. The smallest absolute Gasteiger partial charge is 0.277 e. The van der Waals surface area contributed by atoms with E-state index in [0.29, 0.717) is 40.0 Å². The Labute approximate surface area is 162 Å². The van der Waals surface area contributed by atoms with Crippen LogP contribution in [-0.4, -0.2) is 25.3 Å². The van der Waals surface area contributed by atoms with Gasteiger partial charge in [0.05, 0.1) is 10.0 Å². The van der Waals surface area contributed by atoms with E-state index in [0.717, 1.165) is 23.7 Å². The maximum absolute atomic E-state index is 12.4.